The molecule has 84 valence electrons. The van der Waals surface area contributed by atoms with Crippen molar-refractivity contribution in [2.24, 2.45) is 0 Å². The Morgan fingerprint density at radius 3 is 2.44 bits per heavy atom. The Morgan fingerprint density at radius 2 is 1.61 bits per heavy atom. The van der Waals surface area contributed by atoms with Gasteiger partial charge >= 0.3 is 29.6 Å². The number of fused-ring (bicyclic) bond motifs is 3. The molecule has 0 unspecified atom stereocenters. The first-order valence-corrected chi connectivity index (χ1v) is 5.41. The minimum atomic E-state index is 0. The van der Waals surface area contributed by atoms with Gasteiger partial charge < -0.3 is 6.16 Å². The van der Waals surface area contributed by atoms with Crippen LogP contribution in [0.5, 0.6) is 5.75 Å². The van der Waals surface area contributed by atoms with Crippen LogP contribution >= 0.6 is 0 Å². The summed E-state index contributed by atoms with van der Waals surface area (Å²) >= 11 is 0. The van der Waals surface area contributed by atoms with Crippen LogP contribution < -0.4 is 34.3 Å². The van der Waals surface area contributed by atoms with Gasteiger partial charge in [0.15, 0.2) is 0 Å². The number of carbonyl (C=O) groups is 1. The van der Waals surface area contributed by atoms with Crippen molar-refractivity contribution in [3.05, 3.63) is 54.6 Å². The first kappa shape index (κ1) is 13.1. The predicted molar refractivity (Wildman–Crippen MR) is 69.3 cm³/mol. The van der Waals surface area contributed by atoms with Crippen LogP contribution in [0.2, 0.25) is 0 Å². The third kappa shape index (κ3) is 2.15. The Hall–Kier alpha value is -1.35. The number of ether oxygens (including phenoxy) is 1. The topological polar surface area (TPSA) is 26.3 Å². The van der Waals surface area contributed by atoms with Crippen LogP contribution in [0.4, 0.5) is 0 Å². The first-order valence-electron chi connectivity index (χ1n) is 5.41. The molecule has 3 heteroatoms. The van der Waals surface area contributed by atoms with E-state index in [4.69, 9.17) is 4.74 Å². The molecule has 3 aromatic rings. The van der Waals surface area contributed by atoms with Crippen molar-refractivity contribution < 1.29 is 40.5 Å². The van der Waals surface area contributed by atoms with Gasteiger partial charge in [0.05, 0.1) is 0 Å². The van der Waals surface area contributed by atoms with E-state index in [0.717, 1.165) is 21.5 Å². The molecule has 2 nitrogen and oxygen atoms in total. The second-order valence-electron chi connectivity index (χ2n) is 3.86. The summed E-state index contributed by atoms with van der Waals surface area (Å²) in [5.41, 5.74) is 0. The van der Waals surface area contributed by atoms with Gasteiger partial charge in [-0.1, -0.05) is 48.5 Å². The fourth-order valence-corrected chi connectivity index (χ4v) is 2.17. The van der Waals surface area contributed by atoms with Gasteiger partial charge in [-0.25, -0.2) is 0 Å². The zero-order valence-electron chi connectivity index (χ0n) is 11.1. The molecule has 3 aromatic carbocycles. The van der Waals surface area contributed by atoms with Gasteiger partial charge in [0.1, 0.15) is 5.75 Å². The number of hydrogen-bond acceptors (Lipinski definition) is 2. The van der Waals surface area contributed by atoms with Gasteiger partial charge in [0.2, 0.25) is 0 Å². The Balaban J connectivity index is 0.000000902. The second kappa shape index (κ2) is 5.53. The first-order chi connectivity index (χ1) is 8.40. The number of hydrogen-bond donors (Lipinski definition) is 0. The van der Waals surface area contributed by atoms with Crippen molar-refractivity contribution >= 4 is 28.0 Å². The van der Waals surface area contributed by atoms with Crippen LogP contribution in [-0.4, -0.2) is 6.47 Å². The molecule has 0 aliphatic carbocycles. The van der Waals surface area contributed by atoms with Crippen LogP contribution in [0.25, 0.3) is 21.5 Å². The Labute approximate surface area is 128 Å². The van der Waals surface area contributed by atoms with Crippen molar-refractivity contribution in [3.63, 3.8) is 0 Å². The van der Waals surface area contributed by atoms with Crippen LogP contribution in [0.15, 0.2) is 54.6 Å². The van der Waals surface area contributed by atoms with Crippen LogP contribution in [0.1, 0.15) is 1.43 Å². The molecule has 0 fully saturated rings. The molecule has 0 atom stereocenters. The fourth-order valence-electron chi connectivity index (χ4n) is 2.17. The third-order valence-corrected chi connectivity index (χ3v) is 2.91. The van der Waals surface area contributed by atoms with E-state index >= 15 is 0 Å². The van der Waals surface area contributed by atoms with E-state index < -0.39 is 0 Å². The van der Waals surface area contributed by atoms with Gasteiger partial charge in [0.25, 0.3) is 6.47 Å². The average Bonchev–Trinajstić information content (AvgIpc) is 2.39. The van der Waals surface area contributed by atoms with Crippen LogP contribution in [-0.2, 0) is 4.79 Å². The number of rotatable bonds is 2. The molecule has 0 N–H and O–H groups in total. The van der Waals surface area contributed by atoms with E-state index in [1.54, 1.807) is 0 Å². The molecule has 0 aromatic heterocycles. The second-order valence-corrected chi connectivity index (χ2v) is 3.86. The van der Waals surface area contributed by atoms with E-state index in [9.17, 15) is 4.79 Å². The van der Waals surface area contributed by atoms with E-state index in [-0.39, 0.29) is 31.0 Å². The molecule has 0 bridgehead atoms. The molecule has 0 radical (unpaired) electrons. The molecular formula is C15H11NaO2. The van der Waals surface area contributed by atoms with E-state index in [1.165, 1.54) is 0 Å². The fraction of sp³-hybridized carbons (Fsp3) is 0. The molecule has 0 saturated heterocycles. The van der Waals surface area contributed by atoms with E-state index in [2.05, 4.69) is 6.07 Å². The van der Waals surface area contributed by atoms with Crippen molar-refractivity contribution in [2.75, 3.05) is 0 Å². The monoisotopic (exact) mass is 246 g/mol. The van der Waals surface area contributed by atoms with Crippen molar-refractivity contribution in [1.82, 2.24) is 0 Å². The minimum Gasteiger partial charge on any atom is -1.00 e. The van der Waals surface area contributed by atoms with E-state index in [1.807, 2.05) is 48.5 Å². The summed E-state index contributed by atoms with van der Waals surface area (Å²) in [4.78, 5) is 10.5. The summed E-state index contributed by atoms with van der Waals surface area (Å²) in [6, 6.07) is 17.9. The summed E-state index contributed by atoms with van der Waals surface area (Å²) < 4.78 is 5.05. The maximum atomic E-state index is 10.5. The summed E-state index contributed by atoms with van der Waals surface area (Å²) in [7, 11) is 0. The van der Waals surface area contributed by atoms with Crippen LogP contribution in [0, 0.1) is 0 Å². The molecular weight excluding hydrogens is 235 g/mol. The Morgan fingerprint density at radius 1 is 0.889 bits per heavy atom. The smallest absolute Gasteiger partial charge is 1.00 e. The molecule has 0 spiro atoms. The standard InChI is InChI=1S/C15H10O2.Na.H/c16-10-17-14-7-3-5-12-9-8-11-4-1-2-6-13(11)15(12)14;;/h1-10H;;/q;+1;-1. The van der Waals surface area contributed by atoms with Crippen LogP contribution in [0.3, 0.4) is 0 Å². The maximum absolute atomic E-state index is 10.5. The molecule has 18 heavy (non-hydrogen) atoms. The number of benzene rings is 3. The predicted octanol–water partition coefficient (Wildman–Crippen LogP) is 0.645. The Kier molecular flexibility index (Phi) is 4.02. The van der Waals surface area contributed by atoms with Gasteiger partial charge in [-0.2, -0.15) is 0 Å². The largest absolute Gasteiger partial charge is 1.00 e. The summed E-state index contributed by atoms with van der Waals surface area (Å²) in [6.45, 7) is 0.469. The molecule has 0 aliphatic heterocycles. The van der Waals surface area contributed by atoms with E-state index in [0.29, 0.717) is 12.2 Å². The number of carbonyl (C=O) groups excluding carboxylic acids is 1. The van der Waals surface area contributed by atoms with Gasteiger partial charge in [-0.05, 0) is 22.2 Å². The van der Waals surface area contributed by atoms with Gasteiger partial charge in [-0.3, -0.25) is 4.79 Å². The molecule has 0 amide bonds. The molecule has 3 rings (SSSR count). The van der Waals surface area contributed by atoms with Crippen molar-refractivity contribution in [3.8, 4) is 5.75 Å². The zero-order valence-corrected chi connectivity index (χ0v) is 12.1. The Bertz CT molecular complexity index is 713. The summed E-state index contributed by atoms with van der Waals surface area (Å²) in [5, 5.41) is 4.30. The quantitative estimate of drug-likeness (QED) is 0.377. The molecule has 0 aliphatic rings. The van der Waals surface area contributed by atoms with Crippen molar-refractivity contribution in [2.45, 2.75) is 0 Å². The molecule has 0 heterocycles. The maximum Gasteiger partial charge on any atom is 1.00 e. The van der Waals surface area contributed by atoms with Gasteiger partial charge in [0, 0.05) is 5.39 Å². The normalized spacial score (nSPS) is 10.0. The average molecular weight is 246 g/mol. The zero-order chi connectivity index (χ0) is 11.7. The minimum absolute atomic E-state index is 0. The van der Waals surface area contributed by atoms with Gasteiger partial charge in [-0.15, -0.1) is 0 Å². The summed E-state index contributed by atoms with van der Waals surface area (Å²) in [5.74, 6) is 0.606. The third-order valence-electron chi connectivity index (χ3n) is 2.91. The SMILES string of the molecule is O=COc1cccc2ccc3ccccc3c12.[H-].[Na+]. The molecule has 0 saturated carbocycles. The van der Waals surface area contributed by atoms with Crippen molar-refractivity contribution in [1.29, 1.82) is 0 Å². The summed E-state index contributed by atoms with van der Waals surface area (Å²) in [6.07, 6.45) is 0.